The molecule has 0 aromatic heterocycles. The summed E-state index contributed by atoms with van der Waals surface area (Å²) in [5.74, 6) is 4.38. The molecular weight excluding hydrogens is 200 g/mol. The molecule has 0 radical (unpaired) electrons. The SMILES string of the molecule is C#CC(C)(C)c1cc(OC)c(C)c(OC)c1. The molecule has 0 aliphatic heterocycles. The van der Waals surface area contributed by atoms with Gasteiger partial charge in [0.2, 0.25) is 0 Å². The van der Waals surface area contributed by atoms with Gasteiger partial charge >= 0.3 is 0 Å². The van der Waals surface area contributed by atoms with Gasteiger partial charge in [0.25, 0.3) is 0 Å². The van der Waals surface area contributed by atoms with E-state index in [1.54, 1.807) is 14.2 Å². The molecule has 86 valence electrons. The predicted octanol–water partition coefficient (Wildman–Crippen LogP) is 2.92. The second-order valence-electron chi connectivity index (χ2n) is 4.28. The van der Waals surface area contributed by atoms with Gasteiger partial charge in [0.15, 0.2) is 0 Å². The second kappa shape index (κ2) is 4.49. The van der Waals surface area contributed by atoms with Crippen LogP contribution in [0.3, 0.4) is 0 Å². The Balaban J connectivity index is 3.40. The Hall–Kier alpha value is -1.62. The van der Waals surface area contributed by atoms with E-state index in [-0.39, 0.29) is 5.41 Å². The fourth-order valence-corrected chi connectivity index (χ4v) is 1.53. The molecule has 0 N–H and O–H groups in total. The zero-order valence-electron chi connectivity index (χ0n) is 10.5. The lowest BCUT2D eigenvalue weighted by atomic mass is 9.85. The van der Waals surface area contributed by atoms with Crippen LogP contribution >= 0.6 is 0 Å². The van der Waals surface area contributed by atoms with Crippen LogP contribution < -0.4 is 9.47 Å². The van der Waals surface area contributed by atoms with Gasteiger partial charge in [0.1, 0.15) is 11.5 Å². The van der Waals surface area contributed by atoms with Crippen molar-refractivity contribution >= 4 is 0 Å². The van der Waals surface area contributed by atoms with Gasteiger partial charge in [-0.25, -0.2) is 0 Å². The summed E-state index contributed by atoms with van der Waals surface area (Å²) in [6.07, 6.45) is 5.53. The van der Waals surface area contributed by atoms with Gasteiger partial charge in [0, 0.05) is 5.56 Å². The first kappa shape index (κ1) is 12.4. The van der Waals surface area contributed by atoms with E-state index in [1.165, 1.54) is 0 Å². The topological polar surface area (TPSA) is 18.5 Å². The van der Waals surface area contributed by atoms with E-state index in [2.05, 4.69) is 5.92 Å². The Bertz CT molecular complexity index is 400. The van der Waals surface area contributed by atoms with Crippen LogP contribution in [0.1, 0.15) is 25.0 Å². The van der Waals surface area contributed by atoms with Crippen molar-refractivity contribution in [3.63, 3.8) is 0 Å². The molecule has 0 bridgehead atoms. The van der Waals surface area contributed by atoms with E-state index < -0.39 is 0 Å². The van der Waals surface area contributed by atoms with Crippen LogP contribution in [0.5, 0.6) is 11.5 Å². The summed E-state index contributed by atoms with van der Waals surface area (Å²) in [6.45, 7) is 5.96. The lowest BCUT2D eigenvalue weighted by Crippen LogP contribution is -2.14. The van der Waals surface area contributed by atoms with Crippen LogP contribution in [0.25, 0.3) is 0 Å². The van der Waals surface area contributed by atoms with Crippen LogP contribution in [0, 0.1) is 19.3 Å². The maximum Gasteiger partial charge on any atom is 0.125 e. The Kier molecular flexibility index (Phi) is 3.49. The Morgan fingerprint density at radius 1 is 1.12 bits per heavy atom. The fourth-order valence-electron chi connectivity index (χ4n) is 1.53. The number of rotatable bonds is 3. The number of ether oxygens (including phenoxy) is 2. The highest BCUT2D eigenvalue weighted by molar-refractivity contribution is 5.50. The third-order valence-corrected chi connectivity index (χ3v) is 2.83. The monoisotopic (exact) mass is 218 g/mol. The Morgan fingerprint density at radius 3 is 1.88 bits per heavy atom. The first-order valence-electron chi connectivity index (χ1n) is 5.17. The van der Waals surface area contributed by atoms with E-state index in [4.69, 9.17) is 15.9 Å². The van der Waals surface area contributed by atoms with Gasteiger partial charge in [-0.05, 0) is 38.5 Å². The maximum atomic E-state index is 5.53. The molecule has 1 rings (SSSR count). The van der Waals surface area contributed by atoms with Gasteiger partial charge < -0.3 is 9.47 Å². The van der Waals surface area contributed by atoms with Crippen molar-refractivity contribution in [2.45, 2.75) is 26.2 Å². The van der Waals surface area contributed by atoms with Gasteiger partial charge in [-0.3, -0.25) is 0 Å². The van der Waals surface area contributed by atoms with E-state index in [0.29, 0.717) is 0 Å². The van der Waals surface area contributed by atoms with Crippen molar-refractivity contribution < 1.29 is 9.47 Å². The van der Waals surface area contributed by atoms with E-state index in [9.17, 15) is 0 Å². The van der Waals surface area contributed by atoms with Crippen LogP contribution in [0.4, 0.5) is 0 Å². The average Bonchev–Trinajstić information content (AvgIpc) is 2.29. The largest absolute Gasteiger partial charge is 0.496 e. The predicted molar refractivity (Wildman–Crippen MR) is 66.1 cm³/mol. The van der Waals surface area contributed by atoms with E-state index >= 15 is 0 Å². The molecule has 2 heteroatoms. The zero-order valence-corrected chi connectivity index (χ0v) is 10.5. The van der Waals surface area contributed by atoms with Crippen molar-refractivity contribution in [1.29, 1.82) is 0 Å². The van der Waals surface area contributed by atoms with Crippen LogP contribution in [0.15, 0.2) is 12.1 Å². The summed E-state index contributed by atoms with van der Waals surface area (Å²) < 4.78 is 10.6. The highest BCUT2D eigenvalue weighted by atomic mass is 16.5. The highest BCUT2D eigenvalue weighted by Crippen LogP contribution is 2.34. The molecule has 1 aromatic rings. The summed E-state index contributed by atoms with van der Waals surface area (Å²) in [5.41, 5.74) is 1.68. The first-order valence-corrected chi connectivity index (χ1v) is 5.17. The van der Waals surface area contributed by atoms with E-state index in [0.717, 1.165) is 22.6 Å². The molecule has 0 fully saturated rings. The molecule has 0 aliphatic rings. The molecule has 0 heterocycles. The summed E-state index contributed by atoms with van der Waals surface area (Å²) in [7, 11) is 3.29. The minimum atomic E-state index is -0.325. The quantitative estimate of drug-likeness (QED) is 0.726. The molecule has 0 unspecified atom stereocenters. The average molecular weight is 218 g/mol. The van der Waals surface area contributed by atoms with Crippen LogP contribution in [0.2, 0.25) is 0 Å². The summed E-state index contributed by atoms with van der Waals surface area (Å²) in [6, 6.07) is 3.94. The molecule has 0 saturated heterocycles. The third-order valence-electron chi connectivity index (χ3n) is 2.83. The van der Waals surface area contributed by atoms with Crippen molar-refractivity contribution in [2.75, 3.05) is 14.2 Å². The Labute approximate surface area is 97.6 Å². The fraction of sp³-hybridized carbons (Fsp3) is 0.429. The molecule has 0 amide bonds. The lowest BCUT2D eigenvalue weighted by molar-refractivity contribution is 0.386. The normalized spacial score (nSPS) is 10.8. The number of benzene rings is 1. The molecular formula is C14H18O2. The smallest absolute Gasteiger partial charge is 0.125 e. The van der Waals surface area contributed by atoms with Gasteiger partial charge in [-0.15, -0.1) is 6.42 Å². The molecule has 2 nitrogen and oxygen atoms in total. The highest BCUT2D eigenvalue weighted by Gasteiger charge is 2.20. The summed E-state index contributed by atoms with van der Waals surface area (Å²) in [5, 5.41) is 0. The minimum Gasteiger partial charge on any atom is -0.496 e. The third kappa shape index (κ3) is 2.14. The van der Waals surface area contributed by atoms with Crippen molar-refractivity contribution in [1.82, 2.24) is 0 Å². The van der Waals surface area contributed by atoms with Crippen molar-refractivity contribution in [2.24, 2.45) is 0 Å². The molecule has 0 spiro atoms. The maximum absolute atomic E-state index is 5.53. The standard InChI is InChI=1S/C14H18O2/c1-7-14(3,4)11-8-12(15-5)10(2)13(9-11)16-6/h1,8-9H,2-6H3. The number of terminal acetylenes is 1. The minimum absolute atomic E-state index is 0.325. The number of hydrogen-bond donors (Lipinski definition) is 0. The molecule has 0 saturated carbocycles. The first-order chi connectivity index (χ1) is 7.46. The van der Waals surface area contributed by atoms with Crippen molar-refractivity contribution in [3.05, 3.63) is 23.3 Å². The number of hydrogen-bond acceptors (Lipinski definition) is 2. The summed E-state index contributed by atoms with van der Waals surface area (Å²) in [4.78, 5) is 0. The summed E-state index contributed by atoms with van der Waals surface area (Å²) >= 11 is 0. The zero-order chi connectivity index (χ0) is 12.3. The van der Waals surface area contributed by atoms with E-state index in [1.807, 2.05) is 32.9 Å². The Morgan fingerprint density at radius 2 is 1.56 bits per heavy atom. The van der Waals surface area contributed by atoms with Gasteiger partial charge in [0.05, 0.1) is 19.6 Å². The van der Waals surface area contributed by atoms with Crippen LogP contribution in [-0.2, 0) is 5.41 Å². The number of methoxy groups -OCH3 is 2. The van der Waals surface area contributed by atoms with Gasteiger partial charge in [-0.2, -0.15) is 0 Å². The lowest BCUT2D eigenvalue weighted by Gasteiger charge is -2.21. The molecule has 0 atom stereocenters. The molecule has 16 heavy (non-hydrogen) atoms. The van der Waals surface area contributed by atoms with Gasteiger partial charge in [-0.1, -0.05) is 5.92 Å². The van der Waals surface area contributed by atoms with Crippen molar-refractivity contribution in [3.8, 4) is 23.8 Å². The molecule has 1 aromatic carbocycles. The second-order valence-corrected chi connectivity index (χ2v) is 4.28. The molecule has 0 aliphatic carbocycles. The van der Waals surface area contributed by atoms with Crippen LogP contribution in [-0.4, -0.2) is 14.2 Å².